The third-order valence-corrected chi connectivity index (χ3v) is 1.46. The van der Waals surface area contributed by atoms with Gasteiger partial charge in [-0.3, -0.25) is 4.79 Å². The van der Waals surface area contributed by atoms with Crippen LogP contribution in [0.25, 0.3) is 0 Å². The number of nitrogens with one attached hydrogen (secondary N) is 1. The van der Waals surface area contributed by atoms with Gasteiger partial charge in [0.15, 0.2) is 0 Å². The zero-order valence-electron chi connectivity index (χ0n) is 6.91. The van der Waals surface area contributed by atoms with Gasteiger partial charge in [-0.25, -0.2) is 0 Å². The van der Waals surface area contributed by atoms with Crippen LogP contribution in [-0.2, 0) is 11.3 Å². The molecule has 1 amide bonds. The zero-order valence-corrected chi connectivity index (χ0v) is 6.91. The van der Waals surface area contributed by atoms with Gasteiger partial charge in [0.25, 0.3) is 0 Å². The molecule has 12 heavy (non-hydrogen) atoms. The Balaban J connectivity index is 2.32. The molecule has 1 aromatic rings. The number of rotatable bonds is 3. The Morgan fingerprint density at radius 1 is 1.83 bits per heavy atom. The van der Waals surface area contributed by atoms with Crippen LogP contribution in [0.3, 0.4) is 0 Å². The average molecular weight is 168 g/mol. The molecule has 0 aliphatic heterocycles. The third-order valence-electron chi connectivity index (χ3n) is 1.46. The molecule has 1 rings (SSSR count). The second kappa shape index (κ2) is 3.92. The fourth-order valence-corrected chi connectivity index (χ4v) is 0.743. The van der Waals surface area contributed by atoms with Crippen LogP contribution in [-0.4, -0.2) is 11.9 Å². The maximum Gasteiger partial charge on any atom is 0.236 e. The van der Waals surface area contributed by atoms with Crippen molar-refractivity contribution < 1.29 is 9.21 Å². The SMILES string of the molecule is C[C@H](N)C(=O)NCc1ccoc1. The number of carbonyl (C=O) groups excluding carboxylic acids is 1. The van der Waals surface area contributed by atoms with E-state index in [2.05, 4.69) is 5.32 Å². The largest absolute Gasteiger partial charge is 0.472 e. The van der Waals surface area contributed by atoms with Crippen LogP contribution in [0.5, 0.6) is 0 Å². The summed E-state index contributed by atoms with van der Waals surface area (Å²) >= 11 is 0. The van der Waals surface area contributed by atoms with Gasteiger partial charge in [0, 0.05) is 12.1 Å². The van der Waals surface area contributed by atoms with E-state index < -0.39 is 6.04 Å². The molecule has 0 radical (unpaired) electrons. The second-order valence-corrected chi connectivity index (χ2v) is 2.64. The van der Waals surface area contributed by atoms with E-state index in [4.69, 9.17) is 10.2 Å². The lowest BCUT2D eigenvalue weighted by molar-refractivity contribution is -0.122. The van der Waals surface area contributed by atoms with Gasteiger partial charge < -0.3 is 15.5 Å². The number of amides is 1. The molecular weight excluding hydrogens is 156 g/mol. The van der Waals surface area contributed by atoms with Crippen molar-refractivity contribution in [3.63, 3.8) is 0 Å². The molecule has 0 aromatic carbocycles. The predicted octanol–water partition coefficient (Wildman–Crippen LogP) is 0.243. The van der Waals surface area contributed by atoms with E-state index in [1.54, 1.807) is 25.5 Å². The van der Waals surface area contributed by atoms with Crippen LogP contribution in [0.4, 0.5) is 0 Å². The summed E-state index contributed by atoms with van der Waals surface area (Å²) in [5.74, 6) is -0.156. The molecule has 0 spiro atoms. The molecule has 0 aliphatic rings. The smallest absolute Gasteiger partial charge is 0.236 e. The number of furan rings is 1. The van der Waals surface area contributed by atoms with Crippen LogP contribution in [0, 0.1) is 0 Å². The molecule has 0 unspecified atom stereocenters. The van der Waals surface area contributed by atoms with Gasteiger partial charge in [-0.05, 0) is 13.0 Å². The van der Waals surface area contributed by atoms with E-state index in [0.29, 0.717) is 6.54 Å². The average Bonchev–Trinajstić information content (AvgIpc) is 2.51. The Morgan fingerprint density at radius 2 is 2.58 bits per heavy atom. The Morgan fingerprint density at radius 3 is 3.08 bits per heavy atom. The topological polar surface area (TPSA) is 68.3 Å². The fourth-order valence-electron chi connectivity index (χ4n) is 0.743. The molecule has 1 atom stereocenters. The summed E-state index contributed by atoms with van der Waals surface area (Å²) in [6.45, 7) is 2.11. The summed E-state index contributed by atoms with van der Waals surface area (Å²) in [6, 6.07) is 1.33. The van der Waals surface area contributed by atoms with Crippen molar-refractivity contribution in [2.24, 2.45) is 5.73 Å². The monoisotopic (exact) mass is 168 g/mol. The van der Waals surface area contributed by atoms with Crippen LogP contribution >= 0.6 is 0 Å². The van der Waals surface area contributed by atoms with E-state index in [1.807, 2.05) is 0 Å². The summed E-state index contributed by atoms with van der Waals surface area (Å²) < 4.78 is 4.82. The van der Waals surface area contributed by atoms with E-state index in [9.17, 15) is 4.79 Å². The van der Waals surface area contributed by atoms with Crippen molar-refractivity contribution in [1.29, 1.82) is 0 Å². The van der Waals surface area contributed by atoms with Gasteiger partial charge in [0.1, 0.15) is 0 Å². The molecule has 4 nitrogen and oxygen atoms in total. The summed E-state index contributed by atoms with van der Waals surface area (Å²) in [7, 11) is 0. The Labute approximate surface area is 70.7 Å². The minimum absolute atomic E-state index is 0.156. The minimum atomic E-state index is -0.461. The molecule has 3 N–H and O–H groups in total. The molecule has 1 aromatic heterocycles. The molecule has 4 heteroatoms. The zero-order chi connectivity index (χ0) is 8.97. The Bertz CT molecular complexity index is 242. The molecule has 0 aliphatic carbocycles. The van der Waals surface area contributed by atoms with Crippen molar-refractivity contribution in [2.75, 3.05) is 0 Å². The van der Waals surface area contributed by atoms with E-state index in [0.717, 1.165) is 5.56 Å². The highest BCUT2D eigenvalue weighted by molar-refractivity contribution is 5.80. The molecule has 0 saturated carbocycles. The molecule has 1 heterocycles. The van der Waals surface area contributed by atoms with Gasteiger partial charge in [0.2, 0.25) is 5.91 Å². The first-order chi connectivity index (χ1) is 5.70. The minimum Gasteiger partial charge on any atom is -0.472 e. The van der Waals surface area contributed by atoms with Gasteiger partial charge in [-0.15, -0.1) is 0 Å². The van der Waals surface area contributed by atoms with Gasteiger partial charge in [0.05, 0.1) is 18.6 Å². The Hall–Kier alpha value is -1.29. The maximum absolute atomic E-state index is 11.0. The Kier molecular flexibility index (Phi) is 2.88. The number of carbonyl (C=O) groups is 1. The third kappa shape index (κ3) is 2.39. The van der Waals surface area contributed by atoms with Gasteiger partial charge in [-0.1, -0.05) is 0 Å². The quantitative estimate of drug-likeness (QED) is 0.679. The van der Waals surface area contributed by atoms with Crippen molar-refractivity contribution in [1.82, 2.24) is 5.32 Å². The first kappa shape index (κ1) is 8.80. The van der Waals surface area contributed by atoms with E-state index >= 15 is 0 Å². The van der Waals surface area contributed by atoms with Crippen molar-refractivity contribution in [2.45, 2.75) is 19.5 Å². The molecule has 0 fully saturated rings. The van der Waals surface area contributed by atoms with Crippen molar-refractivity contribution in [3.8, 4) is 0 Å². The van der Waals surface area contributed by atoms with Crippen LogP contribution in [0.2, 0.25) is 0 Å². The number of hydrogen-bond acceptors (Lipinski definition) is 3. The van der Waals surface area contributed by atoms with Crippen LogP contribution in [0.1, 0.15) is 12.5 Å². The standard InChI is InChI=1S/C8H12N2O2/c1-6(9)8(11)10-4-7-2-3-12-5-7/h2-3,5-6H,4,9H2,1H3,(H,10,11)/t6-/m0/s1. The summed E-state index contributed by atoms with van der Waals surface area (Å²) in [5, 5.41) is 2.66. The summed E-state index contributed by atoms with van der Waals surface area (Å²) in [6.07, 6.45) is 3.15. The van der Waals surface area contributed by atoms with Gasteiger partial charge >= 0.3 is 0 Å². The highest BCUT2D eigenvalue weighted by atomic mass is 16.3. The highest BCUT2D eigenvalue weighted by Gasteiger charge is 2.05. The lowest BCUT2D eigenvalue weighted by Crippen LogP contribution is -2.37. The predicted molar refractivity (Wildman–Crippen MR) is 44.2 cm³/mol. The summed E-state index contributed by atoms with van der Waals surface area (Å²) in [4.78, 5) is 11.0. The highest BCUT2D eigenvalue weighted by Crippen LogP contribution is 1.98. The maximum atomic E-state index is 11.0. The van der Waals surface area contributed by atoms with Crippen LogP contribution < -0.4 is 11.1 Å². The lowest BCUT2D eigenvalue weighted by atomic mass is 10.3. The number of hydrogen-bond donors (Lipinski definition) is 2. The molecule has 0 saturated heterocycles. The first-order valence-electron chi connectivity index (χ1n) is 3.74. The van der Waals surface area contributed by atoms with Crippen LogP contribution in [0.15, 0.2) is 23.0 Å². The van der Waals surface area contributed by atoms with E-state index in [1.165, 1.54) is 0 Å². The van der Waals surface area contributed by atoms with Crippen molar-refractivity contribution >= 4 is 5.91 Å². The number of nitrogens with two attached hydrogens (primary N) is 1. The lowest BCUT2D eigenvalue weighted by Gasteiger charge is -2.05. The normalized spacial score (nSPS) is 12.5. The van der Waals surface area contributed by atoms with Crippen molar-refractivity contribution in [3.05, 3.63) is 24.2 Å². The second-order valence-electron chi connectivity index (χ2n) is 2.64. The molecule has 0 bridgehead atoms. The molecule has 66 valence electrons. The van der Waals surface area contributed by atoms with Gasteiger partial charge in [-0.2, -0.15) is 0 Å². The summed E-state index contributed by atoms with van der Waals surface area (Å²) in [5.41, 5.74) is 6.27. The fraction of sp³-hybridized carbons (Fsp3) is 0.375. The first-order valence-corrected chi connectivity index (χ1v) is 3.74. The van der Waals surface area contributed by atoms with E-state index in [-0.39, 0.29) is 5.91 Å². The molecular formula is C8H12N2O2.